The topological polar surface area (TPSA) is 76.2 Å². The number of ether oxygens (including phenoxy) is 2. The maximum atomic E-state index is 12.3. The largest absolute Gasteiger partial charge is 0.493 e. The number of hydrogen-bond donors (Lipinski definition) is 2. The van der Waals surface area contributed by atoms with Crippen LogP contribution in [0, 0.1) is 0 Å². The van der Waals surface area contributed by atoms with Crippen LogP contribution >= 0.6 is 11.6 Å². The van der Waals surface area contributed by atoms with Crippen molar-refractivity contribution in [3.8, 4) is 11.5 Å². The number of amides is 1. The van der Waals surface area contributed by atoms with Crippen LogP contribution in [0.5, 0.6) is 11.5 Å². The quantitative estimate of drug-likeness (QED) is 0.573. The maximum absolute atomic E-state index is 12.3. The molecule has 3 aromatic rings. The van der Waals surface area contributed by atoms with Gasteiger partial charge in [-0.05, 0) is 49.8 Å². The normalized spacial score (nSPS) is 12.3. The van der Waals surface area contributed by atoms with Gasteiger partial charge in [0.15, 0.2) is 11.5 Å². The van der Waals surface area contributed by atoms with Gasteiger partial charge in [-0.3, -0.25) is 4.79 Å². The van der Waals surface area contributed by atoms with E-state index < -0.39 is 0 Å². The van der Waals surface area contributed by atoms with Crippen molar-refractivity contribution in [2.45, 2.75) is 19.9 Å². The van der Waals surface area contributed by atoms with Gasteiger partial charge in [-0.25, -0.2) is 4.98 Å². The number of methoxy groups -OCH3 is 1. The summed E-state index contributed by atoms with van der Waals surface area (Å²) in [7, 11) is 1.55. The van der Waals surface area contributed by atoms with Crippen molar-refractivity contribution in [1.29, 1.82) is 0 Å². The second kappa shape index (κ2) is 8.80. The minimum atomic E-state index is -0.261. The first-order valence-electron chi connectivity index (χ1n) is 8.95. The van der Waals surface area contributed by atoms with Crippen molar-refractivity contribution in [3.63, 3.8) is 0 Å². The first-order valence-corrected chi connectivity index (χ1v) is 9.33. The zero-order valence-corrected chi connectivity index (χ0v) is 16.7. The van der Waals surface area contributed by atoms with E-state index in [2.05, 4.69) is 15.3 Å². The lowest BCUT2D eigenvalue weighted by Crippen LogP contribution is -2.25. The third kappa shape index (κ3) is 4.46. The summed E-state index contributed by atoms with van der Waals surface area (Å²) >= 11 is 6.26. The lowest BCUT2D eigenvalue weighted by atomic mass is 10.2. The van der Waals surface area contributed by atoms with Gasteiger partial charge in [-0.1, -0.05) is 23.7 Å². The number of fused-ring (bicyclic) bond motifs is 1. The summed E-state index contributed by atoms with van der Waals surface area (Å²) in [6.45, 7) is 4.23. The molecule has 0 radical (unpaired) electrons. The molecule has 6 nitrogen and oxygen atoms in total. The van der Waals surface area contributed by atoms with Crippen molar-refractivity contribution < 1.29 is 14.3 Å². The number of halogens is 1. The number of imidazole rings is 1. The predicted octanol–water partition coefficient (Wildman–Crippen LogP) is 4.51. The van der Waals surface area contributed by atoms with E-state index in [-0.39, 0.29) is 11.9 Å². The van der Waals surface area contributed by atoms with Gasteiger partial charge < -0.3 is 19.8 Å². The molecule has 1 heterocycles. The zero-order valence-electron chi connectivity index (χ0n) is 16.0. The number of H-pyrrole nitrogens is 1. The van der Waals surface area contributed by atoms with Crippen LogP contribution in [-0.4, -0.2) is 29.6 Å². The van der Waals surface area contributed by atoms with E-state index in [4.69, 9.17) is 21.1 Å². The number of hydrogen-bond acceptors (Lipinski definition) is 4. The van der Waals surface area contributed by atoms with Crippen LogP contribution in [0.1, 0.15) is 31.3 Å². The number of nitrogens with zero attached hydrogens (tertiary/aromatic N) is 1. The number of para-hydroxylation sites is 2. The van der Waals surface area contributed by atoms with Gasteiger partial charge in [-0.15, -0.1) is 0 Å². The number of nitrogens with one attached hydrogen (secondary N) is 2. The molecule has 0 aliphatic heterocycles. The van der Waals surface area contributed by atoms with E-state index in [0.717, 1.165) is 16.6 Å². The van der Waals surface area contributed by atoms with Crippen LogP contribution in [0.15, 0.2) is 42.5 Å². The molecule has 0 aliphatic carbocycles. The Morgan fingerprint density at radius 2 is 2.14 bits per heavy atom. The van der Waals surface area contributed by atoms with E-state index in [9.17, 15) is 4.79 Å². The predicted molar refractivity (Wildman–Crippen MR) is 111 cm³/mol. The molecule has 0 saturated carbocycles. The second-order valence-corrected chi connectivity index (χ2v) is 6.58. The van der Waals surface area contributed by atoms with Crippen LogP contribution in [0.2, 0.25) is 5.02 Å². The molecule has 3 rings (SSSR count). The standard InChI is InChI=1S/C21H22ClN3O3/c1-4-28-20-15(22)11-14(12-18(20)27-3)9-10-19(26)23-13(2)21-24-16-7-5-6-8-17(16)25-21/h5-13H,4H2,1-3H3,(H,23,26)(H,24,25)/b10-9+. The summed E-state index contributed by atoms with van der Waals surface area (Å²) in [4.78, 5) is 20.0. The van der Waals surface area contributed by atoms with Crippen LogP contribution < -0.4 is 14.8 Å². The van der Waals surface area contributed by atoms with Crippen LogP contribution in [0.4, 0.5) is 0 Å². The van der Waals surface area contributed by atoms with Gasteiger partial charge >= 0.3 is 0 Å². The van der Waals surface area contributed by atoms with E-state index in [1.165, 1.54) is 6.08 Å². The molecule has 7 heteroatoms. The lowest BCUT2D eigenvalue weighted by molar-refractivity contribution is -0.117. The SMILES string of the molecule is CCOc1c(Cl)cc(/C=C/C(=O)NC(C)c2nc3ccccc3[nH]2)cc1OC. The minimum Gasteiger partial charge on any atom is -0.493 e. The highest BCUT2D eigenvalue weighted by atomic mass is 35.5. The molecule has 146 valence electrons. The van der Waals surface area contributed by atoms with Crippen molar-refractivity contribution in [2.24, 2.45) is 0 Å². The van der Waals surface area contributed by atoms with Crippen molar-refractivity contribution in [2.75, 3.05) is 13.7 Å². The first-order chi connectivity index (χ1) is 13.5. The number of carbonyl (C=O) groups is 1. The number of carbonyl (C=O) groups excluding carboxylic acids is 1. The Bertz CT molecular complexity index is 980. The number of aromatic amines is 1. The average molecular weight is 400 g/mol. The van der Waals surface area contributed by atoms with Crippen LogP contribution in [0.3, 0.4) is 0 Å². The molecule has 2 aromatic carbocycles. The Hall–Kier alpha value is -2.99. The maximum Gasteiger partial charge on any atom is 0.244 e. The molecule has 2 N–H and O–H groups in total. The van der Waals surface area contributed by atoms with Gasteiger partial charge in [0.25, 0.3) is 0 Å². The number of benzene rings is 2. The van der Waals surface area contributed by atoms with E-state index in [1.54, 1.807) is 25.3 Å². The molecule has 1 amide bonds. The Balaban J connectivity index is 1.70. The van der Waals surface area contributed by atoms with Crippen molar-refractivity contribution in [1.82, 2.24) is 15.3 Å². The van der Waals surface area contributed by atoms with E-state index in [0.29, 0.717) is 29.0 Å². The van der Waals surface area contributed by atoms with Crippen LogP contribution in [-0.2, 0) is 4.79 Å². The van der Waals surface area contributed by atoms with Gasteiger partial charge in [0.1, 0.15) is 5.82 Å². The van der Waals surface area contributed by atoms with Crippen molar-refractivity contribution >= 4 is 34.6 Å². The minimum absolute atomic E-state index is 0.239. The fourth-order valence-corrected chi connectivity index (χ4v) is 3.07. The molecule has 0 bridgehead atoms. The summed E-state index contributed by atoms with van der Waals surface area (Å²) < 4.78 is 10.8. The van der Waals surface area contributed by atoms with Gasteiger partial charge in [-0.2, -0.15) is 0 Å². The van der Waals surface area contributed by atoms with E-state index >= 15 is 0 Å². The molecule has 1 aromatic heterocycles. The average Bonchev–Trinajstić information content (AvgIpc) is 3.12. The van der Waals surface area contributed by atoms with Gasteiger partial charge in [0.05, 0.1) is 35.8 Å². The fourth-order valence-electron chi connectivity index (χ4n) is 2.80. The van der Waals surface area contributed by atoms with E-state index in [1.807, 2.05) is 38.1 Å². The molecule has 0 aliphatic rings. The molecule has 0 spiro atoms. The summed E-state index contributed by atoms with van der Waals surface area (Å²) in [5.41, 5.74) is 2.53. The molecule has 0 fully saturated rings. The third-order valence-corrected chi connectivity index (χ3v) is 4.42. The highest BCUT2D eigenvalue weighted by Gasteiger charge is 2.13. The third-order valence-electron chi connectivity index (χ3n) is 4.14. The molecule has 1 unspecified atom stereocenters. The first kappa shape index (κ1) is 19.8. The Kier molecular flexibility index (Phi) is 6.21. The summed E-state index contributed by atoms with van der Waals surface area (Å²) in [5, 5.41) is 3.32. The summed E-state index contributed by atoms with van der Waals surface area (Å²) in [6, 6.07) is 11.0. The lowest BCUT2D eigenvalue weighted by Gasteiger charge is -2.12. The molecule has 28 heavy (non-hydrogen) atoms. The van der Waals surface area contributed by atoms with Gasteiger partial charge in [0.2, 0.25) is 5.91 Å². The Labute approximate surface area is 168 Å². The van der Waals surface area contributed by atoms with Crippen LogP contribution in [0.25, 0.3) is 17.1 Å². The molecule has 1 atom stereocenters. The number of aromatic nitrogens is 2. The highest BCUT2D eigenvalue weighted by molar-refractivity contribution is 6.32. The number of rotatable bonds is 7. The second-order valence-electron chi connectivity index (χ2n) is 6.17. The molecular formula is C21H22ClN3O3. The smallest absolute Gasteiger partial charge is 0.244 e. The zero-order chi connectivity index (χ0) is 20.1. The Morgan fingerprint density at radius 3 is 2.86 bits per heavy atom. The van der Waals surface area contributed by atoms with Crippen molar-refractivity contribution in [3.05, 3.63) is 58.9 Å². The fraction of sp³-hybridized carbons (Fsp3) is 0.238. The molecule has 0 saturated heterocycles. The monoisotopic (exact) mass is 399 g/mol. The summed E-state index contributed by atoms with van der Waals surface area (Å²) in [5.74, 6) is 1.47. The molecular weight excluding hydrogens is 378 g/mol. The van der Waals surface area contributed by atoms with Gasteiger partial charge in [0, 0.05) is 6.08 Å². The summed E-state index contributed by atoms with van der Waals surface area (Å²) in [6.07, 6.45) is 3.12. The highest BCUT2D eigenvalue weighted by Crippen LogP contribution is 2.36. The Morgan fingerprint density at radius 1 is 1.36 bits per heavy atom.